The summed E-state index contributed by atoms with van der Waals surface area (Å²) in [5.41, 5.74) is 9.03. The maximum absolute atomic E-state index is 13.9. The van der Waals surface area contributed by atoms with Gasteiger partial charge >= 0.3 is 6.09 Å². The first-order valence-corrected chi connectivity index (χ1v) is 15.8. The Morgan fingerprint density at radius 2 is 1.87 bits per heavy atom. The van der Waals surface area contributed by atoms with Gasteiger partial charge in [-0.3, -0.25) is 9.59 Å². The van der Waals surface area contributed by atoms with Crippen LogP contribution in [0.1, 0.15) is 70.0 Å². The molecule has 0 bridgehead atoms. The van der Waals surface area contributed by atoms with Crippen molar-refractivity contribution in [2.45, 2.75) is 51.2 Å². The molecule has 5 N–H and O–H groups in total. The topological polar surface area (TPSA) is 134 Å². The van der Waals surface area contributed by atoms with Gasteiger partial charge in [0, 0.05) is 42.7 Å². The van der Waals surface area contributed by atoms with Crippen molar-refractivity contribution in [2.24, 2.45) is 11.7 Å². The molecule has 1 aliphatic heterocycles. The zero-order valence-electron chi connectivity index (χ0n) is 26.2. The largest absolute Gasteiger partial charge is 0.453 e. The second-order valence-electron chi connectivity index (χ2n) is 11.5. The van der Waals surface area contributed by atoms with E-state index >= 15 is 0 Å². The third kappa shape index (κ3) is 7.84. The Morgan fingerprint density at radius 1 is 1.09 bits per heavy atom. The number of nitrogens with zero attached hydrogens (tertiary/aromatic N) is 1. The zero-order chi connectivity index (χ0) is 32.6. The lowest BCUT2D eigenvalue weighted by Crippen LogP contribution is -2.49. The number of aryl methyl sites for hydroxylation is 1. The maximum Gasteiger partial charge on any atom is 0.406 e. The predicted molar refractivity (Wildman–Crippen MR) is 176 cm³/mol. The molecule has 45 heavy (non-hydrogen) atoms. The van der Waals surface area contributed by atoms with Gasteiger partial charge in [-0.05, 0) is 79.6 Å². The molecule has 1 fully saturated rings. The van der Waals surface area contributed by atoms with E-state index in [-0.39, 0.29) is 29.5 Å². The number of primary amides is 1. The molecule has 1 aliphatic rings. The van der Waals surface area contributed by atoms with Gasteiger partial charge in [0.2, 0.25) is 5.91 Å². The highest BCUT2D eigenvalue weighted by molar-refractivity contribution is 6.33. The van der Waals surface area contributed by atoms with Gasteiger partial charge in [-0.25, -0.2) is 4.79 Å². The molecule has 2 atom stereocenters. The van der Waals surface area contributed by atoms with Gasteiger partial charge in [-0.2, -0.15) is 0 Å². The molecule has 0 saturated carbocycles. The molecule has 9 nitrogen and oxygen atoms in total. The van der Waals surface area contributed by atoms with Gasteiger partial charge in [-0.15, -0.1) is 0 Å². The summed E-state index contributed by atoms with van der Waals surface area (Å²) in [6.07, 6.45) is 2.38. The Kier molecular flexibility index (Phi) is 11.6. The lowest BCUT2D eigenvalue weighted by atomic mass is 9.72. The maximum atomic E-state index is 13.9. The van der Waals surface area contributed by atoms with E-state index in [0.29, 0.717) is 55.9 Å². The highest BCUT2D eigenvalue weighted by atomic mass is 35.5. The summed E-state index contributed by atoms with van der Waals surface area (Å²) in [6, 6.07) is 18.8. The van der Waals surface area contributed by atoms with Crippen molar-refractivity contribution in [3.63, 3.8) is 0 Å². The minimum Gasteiger partial charge on any atom is -0.453 e. The number of carbonyl (C=O) groups excluding carboxylic acids is 3. The van der Waals surface area contributed by atoms with Gasteiger partial charge in [0.25, 0.3) is 5.91 Å². The highest BCUT2D eigenvalue weighted by Crippen LogP contribution is 2.46. The van der Waals surface area contributed by atoms with Crippen molar-refractivity contribution in [3.8, 4) is 11.1 Å². The Labute approximate surface area is 270 Å². The van der Waals surface area contributed by atoms with Crippen LogP contribution >= 0.6 is 11.6 Å². The number of alkyl carbamates (subject to hydrolysis) is 1. The standard InChI is InChI=1S/C35H43ClN4O5/c1-4-23-9-5-10-25(19-23)31-29(12-6-13-30(31)36)35(44,16-8-17-39-34(43)45-3)26-11-7-18-40(22-26)33(42)27-15-14-24(21-38-2)20-28(27)32(37)41/h5-6,9-10,12-15,19-20,26,38,44H,4,7-8,11,16-18,21-22H2,1-3H3,(H2,37,41)(H,39,43)/t26-,35+/m1/s1. The summed E-state index contributed by atoms with van der Waals surface area (Å²) >= 11 is 6.87. The van der Waals surface area contributed by atoms with Crippen molar-refractivity contribution in [1.82, 2.24) is 15.5 Å². The molecule has 0 unspecified atom stereocenters. The number of benzene rings is 3. The van der Waals surface area contributed by atoms with Crippen LogP contribution in [0, 0.1) is 5.92 Å². The van der Waals surface area contributed by atoms with Crippen LogP contribution in [0.2, 0.25) is 5.02 Å². The normalized spacial score (nSPS) is 16.1. The van der Waals surface area contributed by atoms with E-state index in [4.69, 9.17) is 22.1 Å². The van der Waals surface area contributed by atoms with E-state index in [1.165, 1.54) is 7.11 Å². The minimum absolute atomic E-state index is 0.173. The predicted octanol–water partition coefficient (Wildman–Crippen LogP) is 5.26. The number of aliphatic hydroxyl groups is 1. The number of ether oxygens (including phenoxy) is 1. The summed E-state index contributed by atoms with van der Waals surface area (Å²) in [5, 5.41) is 19.1. The number of hydrogen-bond acceptors (Lipinski definition) is 6. The van der Waals surface area contributed by atoms with Crippen molar-refractivity contribution in [1.29, 1.82) is 0 Å². The summed E-state index contributed by atoms with van der Waals surface area (Å²) < 4.78 is 4.72. The number of amides is 3. The van der Waals surface area contributed by atoms with Crippen molar-refractivity contribution < 1.29 is 24.2 Å². The lowest BCUT2D eigenvalue weighted by molar-refractivity contribution is -0.0563. The van der Waals surface area contributed by atoms with E-state index in [1.807, 2.05) is 36.4 Å². The molecule has 4 rings (SSSR count). The molecular weight excluding hydrogens is 592 g/mol. The van der Waals surface area contributed by atoms with E-state index < -0.39 is 17.6 Å². The van der Waals surface area contributed by atoms with E-state index in [1.54, 1.807) is 24.1 Å². The molecule has 1 heterocycles. The minimum atomic E-state index is -1.40. The number of rotatable bonds is 12. The molecule has 1 saturated heterocycles. The van der Waals surface area contributed by atoms with Crippen LogP contribution < -0.4 is 16.4 Å². The number of hydrogen-bond donors (Lipinski definition) is 4. The number of nitrogens with one attached hydrogen (secondary N) is 2. The van der Waals surface area contributed by atoms with Gasteiger partial charge in [0.05, 0.1) is 23.8 Å². The summed E-state index contributed by atoms with van der Waals surface area (Å²) in [4.78, 5) is 39.7. The fourth-order valence-corrected chi connectivity index (χ4v) is 6.61. The van der Waals surface area contributed by atoms with Crippen LogP contribution in [0.5, 0.6) is 0 Å². The second-order valence-corrected chi connectivity index (χ2v) is 11.9. The monoisotopic (exact) mass is 634 g/mol. The zero-order valence-corrected chi connectivity index (χ0v) is 27.0. The van der Waals surface area contributed by atoms with Crippen molar-refractivity contribution in [2.75, 3.05) is 33.8 Å². The number of nitrogens with two attached hydrogens (primary N) is 1. The first kappa shape index (κ1) is 34.0. The number of piperidine rings is 1. The first-order chi connectivity index (χ1) is 21.6. The average molecular weight is 635 g/mol. The molecule has 10 heteroatoms. The van der Waals surface area contributed by atoms with E-state index in [2.05, 4.69) is 29.7 Å². The Hall–Kier alpha value is -3.92. The van der Waals surface area contributed by atoms with Crippen LogP contribution in [-0.2, 0) is 23.3 Å². The quantitative estimate of drug-likeness (QED) is 0.201. The second kappa shape index (κ2) is 15.4. The van der Waals surface area contributed by atoms with Gasteiger partial charge in [0.15, 0.2) is 0 Å². The third-order valence-corrected chi connectivity index (χ3v) is 8.95. The smallest absolute Gasteiger partial charge is 0.406 e. The number of halogens is 1. The van der Waals surface area contributed by atoms with Crippen molar-refractivity contribution in [3.05, 3.63) is 93.5 Å². The van der Waals surface area contributed by atoms with E-state index in [0.717, 1.165) is 28.7 Å². The Bertz CT molecular complexity index is 1530. The number of carbonyl (C=O) groups is 3. The number of methoxy groups -OCH3 is 1. The molecule has 0 radical (unpaired) electrons. The van der Waals surface area contributed by atoms with Gasteiger partial charge in [0.1, 0.15) is 0 Å². The highest BCUT2D eigenvalue weighted by Gasteiger charge is 2.43. The fraction of sp³-hybridized carbons (Fsp3) is 0.400. The Morgan fingerprint density at radius 3 is 2.58 bits per heavy atom. The van der Waals surface area contributed by atoms with Crippen molar-refractivity contribution >= 4 is 29.5 Å². The lowest BCUT2D eigenvalue weighted by Gasteiger charge is -2.44. The van der Waals surface area contributed by atoms with Crippen LogP contribution in [0.25, 0.3) is 11.1 Å². The molecular formula is C35H43ClN4O5. The van der Waals surface area contributed by atoms with Crippen LogP contribution in [-0.4, -0.2) is 61.7 Å². The molecule has 3 aromatic rings. The summed E-state index contributed by atoms with van der Waals surface area (Å²) in [7, 11) is 3.11. The summed E-state index contributed by atoms with van der Waals surface area (Å²) in [6.45, 7) is 3.65. The fourth-order valence-electron chi connectivity index (χ4n) is 6.32. The van der Waals surface area contributed by atoms with Gasteiger partial charge in [-0.1, -0.05) is 61.0 Å². The molecule has 0 aromatic heterocycles. The molecule has 3 amide bonds. The molecule has 0 spiro atoms. The molecule has 0 aliphatic carbocycles. The van der Waals surface area contributed by atoms with Crippen LogP contribution in [0.15, 0.2) is 60.7 Å². The average Bonchev–Trinajstić information content (AvgIpc) is 3.06. The van der Waals surface area contributed by atoms with E-state index in [9.17, 15) is 19.5 Å². The number of likely N-dealkylation sites (tertiary alicyclic amines) is 1. The van der Waals surface area contributed by atoms with Crippen LogP contribution in [0.3, 0.4) is 0 Å². The molecule has 240 valence electrons. The third-order valence-electron chi connectivity index (χ3n) is 8.64. The summed E-state index contributed by atoms with van der Waals surface area (Å²) in [5.74, 6) is -1.33. The molecule has 3 aromatic carbocycles. The Balaban J connectivity index is 1.73. The first-order valence-electron chi connectivity index (χ1n) is 15.4. The van der Waals surface area contributed by atoms with Gasteiger partial charge < -0.3 is 31.1 Å². The SMILES string of the molecule is CCc1cccc(-c2c(Cl)cccc2[C@](O)(CCCNC(=O)OC)[C@@H]2CCCN(C(=O)c3ccc(CNC)cc3C(N)=O)C2)c1. The van der Waals surface area contributed by atoms with Crippen LogP contribution in [0.4, 0.5) is 4.79 Å².